The number of benzene rings is 2. The lowest BCUT2D eigenvalue weighted by molar-refractivity contribution is -0.139. The lowest BCUT2D eigenvalue weighted by Gasteiger charge is -2.09. The van der Waals surface area contributed by atoms with Crippen LogP contribution in [0.4, 0.5) is 0 Å². The van der Waals surface area contributed by atoms with Crippen LogP contribution in [0.5, 0.6) is 11.5 Å². The van der Waals surface area contributed by atoms with Gasteiger partial charge in [0.2, 0.25) is 0 Å². The van der Waals surface area contributed by atoms with Crippen LogP contribution in [0.1, 0.15) is 15.9 Å². The zero-order valence-electron chi connectivity index (χ0n) is 15.2. The number of aliphatic carboxylic acids is 1. The van der Waals surface area contributed by atoms with Gasteiger partial charge in [-0.25, -0.2) is 4.79 Å². The fraction of sp³-hybridized carbons (Fsp3) is 0.100. The number of hydrogen-bond donors (Lipinski definition) is 2. The van der Waals surface area contributed by atoms with E-state index >= 15 is 0 Å². The van der Waals surface area contributed by atoms with Crippen LogP contribution in [-0.4, -0.2) is 41.8 Å². The number of aliphatic imine (C=N–C) groups is 1. The monoisotopic (exact) mass is 412 g/mol. The SMILES string of the molecule is COc1cc(/C=C2\SC(=NC(=O)c3ccccc3)NC2=O)ccc1OCC(=O)O. The number of carboxylic acid groups (broad SMARTS) is 1. The number of methoxy groups -OCH3 is 1. The summed E-state index contributed by atoms with van der Waals surface area (Å²) >= 11 is 1.05. The molecule has 2 aromatic rings. The number of nitrogens with zero attached hydrogens (tertiary/aromatic N) is 1. The summed E-state index contributed by atoms with van der Waals surface area (Å²) in [7, 11) is 1.43. The number of carboxylic acids is 1. The van der Waals surface area contributed by atoms with Crippen molar-refractivity contribution >= 4 is 40.8 Å². The largest absolute Gasteiger partial charge is 0.493 e. The van der Waals surface area contributed by atoms with E-state index in [1.54, 1.807) is 54.6 Å². The molecule has 2 N–H and O–H groups in total. The van der Waals surface area contributed by atoms with Crippen molar-refractivity contribution in [2.75, 3.05) is 13.7 Å². The molecular formula is C20H16N2O6S. The molecule has 3 rings (SSSR count). The molecule has 1 heterocycles. The van der Waals surface area contributed by atoms with Gasteiger partial charge in [-0.3, -0.25) is 9.59 Å². The summed E-state index contributed by atoms with van der Waals surface area (Å²) in [5, 5.41) is 11.5. The first-order chi connectivity index (χ1) is 14.0. The van der Waals surface area contributed by atoms with Crippen molar-refractivity contribution in [1.82, 2.24) is 5.32 Å². The molecule has 1 aliphatic rings. The number of thioether (sulfide) groups is 1. The summed E-state index contributed by atoms with van der Waals surface area (Å²) in [5.41, 5.74) is 1.06. The molecule has 1 aliphatic heterocycles. The van der Waals surface area contributed by atoms with Crippen LogP contribution in [0.25, 0.3) is 6.08 Å². The maximum Gasteiger partial charge on any atom is 0.341 e. The summed E-state index contributed by atoms with van der Waals surface area (Å²) in [6.07, 6.45) is 1.61. The molecule has 9 heteroatoms. The summed E-state index contributed by atoms with van der Waals surface area (Å²) in [5.74, 6) is -1.32. The number of rotatable bonds is 6. The third-order valence-corrected chi connectivity index (χ3v) is 4.62. The predicted octanol–water partition coefficient (Wildman–Crippen LogP) is 2.56. The van der Waals surface area contributed by atoms with E-state index in [1.807, 2.05) is 0 Å². The topological polar surface area (TPSA) is 114 Å². The number of carbonyl (C=O) groups is 3. The van der Waals surface area contributed by atoms with E-state index in [9.17, 15) is 14.4 Å². The Labute approximate surface area is 170 Å². The van der Waals surface area contributed by atoms with E-state index in [0.29, 0.717) is 21.8 Å². The number of hydrogen-bond acceptors (Lipinski definition) is 6. The lowest BCUT2D eigenvalue weighted by Crippen LogP contribution is -2.20. The fourth-order valence-corrected chi connectivity index (χ4v) is 3.22. The number of amides is 2. The highest BCUT2D eigenvalue weighted by Gasteiger charge is 2.25. The summed E-state index contributed by atoms with van der Waals surface area (Å²) in [4.78, 5) is 39.3. The fourth-order valence-electron chi connectivity index (χ4n) is 2.40. The van der Waals surface area contributed by atoms with Crippen LogP contribution >= 0.6 is 11.8 Å². The van der Waals surface area contributed by atoms with Gasteiger partial charge in [0.1, 0.15) is 0 Å². The minimum absolute atomic E-state index is 0.198. The van der Waals surface area contributed by atoms with Crippen LogP contribution in [0, 0.1) is 0 Å². The number of ether oxygens (including phenoxy) is 2. The number of nitrogens with one attached hydrogen (secondary N) is 1. The molecule has 0 saturated carbocycles. The second kappa shape index (κ2) is 9.07. The smallest absolute Gasteiger partial charge is 0.341 e. The van der Waals surface area contributed by atoms with Gasteiger partial charge in [-0.2, -0.15) is 4.99 Å². The van der Waals surface area contributed by atoms with Crippen molar-refractivity contribution in [1.29, 1.82) is 0 Å². The molecule has 0 radical (unpaired) electrons. The standard InChI is InChI=1S/C20H16N2O6S/c1-27-15-9-12(7-8-14(15)28-11-17(23)24)10-16-19(26)22-20(29-16)21-18(25)13-5-3-2-4-6-13/h2-10H,11H2,1H3,(H,23,24)(H,21,22,25,26)/b16-10-. The quantitative estimate of drug-likeness (QED) is 0.701. The second-order valence-electron chi connectivity index (χ2n) is 5.75. The third kappa shape index (κ3) is 5.23. The van der Waals surface area contributed by atoms with Crippen LogP contribution in [0.2, 0.25) is 0 Å². The zero-order valence-corrected chi connectivity index (χ0v) is 16.1. The molecule has 2 aromatic carbocycles. The first-order valence-electron chi connectivity index (χ1n) is 8.38. The normalized spacial score (nSPS) is 16.0. The van der Waals surface area contributed by atoms with Crippen LogP contribution in [-0.2, 0) is 9.59 Å². The van der Waals surface area contributed by atoms with E-state index in [4.69, 9.17) is 14.6 Å². The first-order valence-corrected chi connectivity index (χ1v) is 9.19. The minimum Gasteiger partial charge on any atom is -0.493 e. The Morgan fingerprint density at radius 2 is 1.93 bits per heavy atom. The molecular weight excluding hydrogens is 396 g/mol. The third-order valence-electron chi connectivity index (χ3n) is 3.71. The van der Waals surface area contributed by atoms with Gasteiger partial charge < -0.3 is 19.9 Å². The van der Waals surface area contributed by atoms with Crippen molar-refractivity contribution in [3.05, 3.63) is 64.6 Å². The van der Waals surface area contributed by atoms with Crippen molar-refractivity contribution in [2.24, 2.45) is 4.99 Å². The first kappa shape index (κ1) is 20.2. The van der Waals surface area contributed by atoms with Gasteiger partial charge in [-0.15, -0.1) is 0 Å². The molecule has 0 aromatic heterocycles. The second-order valence-corrected chi connectivity index (χ2v) is 6.78. The number of amidine groups is 1. The Kier molecular flexibility index (Phi) is 6.30. The molecule has 8 nitrogen and oxygen atoms in total. The van der Waals surface area contributed by atoms with E-state index in [0.717, 1.165) is 11.8 Å². The van der Waals surface area contributed by atoms with Crippen molar-refractivity contribution in [3.63, 3.8) is 0 Å². The zero-order chi connectivity index (χ0) is 20.8. The predicted molar refractivity (Wildman–Crippen MR) is 108 cm³/mol. The average molecular weight is 412 g/mol. The highest BCUT2D eigenvalue weighted by Crippen LogP contribution is 2.31. The molecule has 0 unspecified atom stereocenters. The Morgan fingerprint density at radius 3 is 2.62 bits per heavy atom. The molecule has 29 heavy (non-hydrogen) atoms. The van der Waals surface area contributed by atoms with E-state index in [2.05, 4.69) is 10.3 Å². The van der Waals surface area contributed by atoms with Crippen molar-refractivity contribution in [2.45, 2.75) is 0 Å². The van der Waals surface area contributed by atoms with Crippen molar-refractivity contribution < 1.29 is 29.0 Å². The van der Waals surface area contributed by atoms with E-state index < -0.39 is 18.5 Å². The minimum atomic E-state index is -1.10. The molecule has 2 amide bonds. The highest BCUT2D eigenvalue weighted by molar-refractivity contribution is 8.18. The molecule has 0 bridgehead atoms. The maximum absolute atomic E-state index is 12.2. The molecule has 0 aliphatic carbocycles. The average Bonchev–Trinajstić information content (AvgIpc) is 3.06. The van der Waals surface area contributed by atoms with E-state index in [1.165, 1.54) is 7.11 Å². The number of carbonyl (C=O) groups excluding carboxylic acids is 2. The Morgan fingerprint density at radius 1 is 1.17 bits per heavy atom. The molecule has 1 saturated heterocycles. The maximum atomic E-state index is 12.2. The van der Waals surface area contributed by atoms with Gasteiger partial charge in [0.25, 0.3) is 11.8 Å². The Balaban J connectivity index is 1.77. The molecule has 0 spiro atoms. The molecule has 1 fully saturated rings. The van der Waals surface area contributed by atoms with Gasteiger partial charge in [-0.05, 0) is 47.7 Å². The molecule has 0 atom stereocenters. The Bertz CT molecular complexity index is 1020. The van der Waals surface area contributed by atoms with Gasteiger partial charge in [0.15, 0.2) is 23.3 Å². The van der Waals surface area contributed by atoms with Gasteiger partial charge in [-0.1, -0.05) is 24.3 Å². The summed E-state index contributed by atoms with van der Waals surface area (Å²) in [6.45, 7) is -0.496. The van der Waals surface area contributed by atoms with Crippen LogP contribution in [0.3, 0.4) is 0 Å². The van der Waals surface area contributed by atoms with Crippen molar-refractivity contribution in [3.8, 4) is 11.5 Å². The van der Waals surface area contributed by atoms with Gasteiger partial charge in [0.05, 0.1) is 12.0 Å². The highest BCUT2D eigenvalue weighted by atomic mass is 32.2. The Hall–Kier alpha value is -3.59. The van der Waals surface area contributed by atoms with Gasteiger partial charge >= 0.3 is 5.97 Å². The lowest BCUT2D eigenvalue weighted by atomic mass is 10.2. The van der Waals surface area contributed by atoms with Crippen LogP contribution in [0.15, 0.2) is 58.4 Å². The summed E-state index contributed by atoms with van der Waals surface area (Å²) < 4.78 is 10.4. The molecule has 148 valence electrons. The van der Waals surface area contributed by atoms with Crippen LogP contribution < -0.4 is 14.8 Å². The van der Waals surface area contributed by atoms with Gasteiger partial charge in [0, 0.05) is 5.56 Å². The van der Waals surface area contributed by atoms with E-state index in [-0.39, 0.29) is 16.8 Å². The summed E-state index contributed by atoms with van der Waals surface area (Å²) in [6, 6.07) is 13.4.